The average molecular weight is 517 g/mol. The molecule has 0 spiro atoms. The molecule has 3 aromatic carbocycles. The van der Waals surface area contributed by atoms with Crippen molar-refractivity contribution in [3.63, 3.8) is 0 Å². The van der Waals surface area contributed by atoms with Crippen LogP contribution in [0, 0.1) is 5.92 Å². The number of halogens is 1. The van der Waals surface area contributed by atoms with Crippen LogP contribution in [-0.2, 0) is 19.4 Å². The lowest BCUT2D eigenvalue weighted by molar-refractivity contribution is 0.0697. The molecule has 4 rings (SSSR count). The van der Waals surface area contributed by atoms with E-state index >= 15 is 0 Å². The molecule has 0 unspecified atom stereocenters. The van der Waals surface area contributed by atoms with Gasteiger partial charge in [-0.2, -0.15) is 0 Å². The van der Waals surface area contributed by atoms with Gasteiger partial charge in [-0.05, 0) is 47.1 Å². The Morgan fingerprint density at radius 2 is 1.54 bits per heavy atom. The number of benzene rings is 3. The first-order valence-corrected chi connectivity index (χ1v) is 12.6. The minimum Gasteiger partial charge on any atom is -0.478 e. The molecular weight excluding hydrogens is 488 g/mol. The van der Waals surface area contributed by atoms with Crippen LogP contribution in [-0.4, -0.2) is 26.1 Å². The number of imidazole rings is 1. The number of carboxylic acid groups (broad SMARTS) is 1. The van der Waals surface area contributed by atoms with E-state index < -0.39 is 11.7 Å². The smallest absolute Gasteiger partial charge is 0.336 e. The van der Waals surface area contributed by atoms with Gasteiger partial charge in [0, 0.05) is 0 Å². The summed E-state index contributed by atoms with van der Waals surface area (Å²) in [5.41, 5.74) is 3.45. The molecule has 1 aromatic heterocycles. The third kappa shape index (κ3) is 5.92. The molecule has 0 saturated carbocycles. The number of rotatable bonds is 9. The number of carboxylic acids is 1. The van der Waals surface area contributed by atoms with Crippen molar-refractivity contribution in [1.29, 1.82) is 0 Å². The predicted molar refractivity (Wildman–Crippen MR) is 146 cm³/mol. The van der Waals surface area contributed by atoms with Crippen LogP contribution in [0.3, 0.4) is 0 Å². The normalized spacial score (nSPS) is 11.1. The van der Waals surface area contributed by atoms with Crippen LogP contribution in [0.2, 0.25) is 5.15 Å². The van der Waals surface area contributed by atoms with Crippen molar-refractivity contribution in [2.45, 2.75) is 39.7 Å². The summed E-state index contributed by atoms with van der Waals surface area (Å²) in [7, 11) is 0. The van der Waals surface area contributed by atoms with Gasteiger partial charge in [0.1, 0.15) is 5.15 Å². The molecule has 1 heterocycles. The molecule has 0 bridgehead atoms. The summed E-state index contributed by atoms with van der Waals surface area (Å²) < 4.78 is 2.66. The Hall–Kier alpha value is -3.90. The molecule has 0 amide bonds. The molecule has 0 aliphatic carbocycles. The second-order valence-electron chi connectivity index (χ2n) is 9.48. The highest BCUT2D eigenvalue weighted by Crippen LogP contribution is 2.25. The largest absolute Gasteiger partial charge is 0.478 e. The Balaban J connectivity index is 1.67. The van der Waals surface area contributed by atoms with Crippen molar-refractivity contribution in [3.8, 4) is 11.1 Å². The fraction of sp³-hybridized carbons (Fsp3) is 0.233. The van der Waals surface area contributed by atoms with E-state index in [1.807, 2.05) is 54.6 Å². The van der Waals surface area contributed by atoms with E-state index in [9.17, 15) is 19.5 Å². The van der Waals surface area contributed by atoms with Crippen LogP contribution < -0.4 is 5.69 Å². The van der Waals surface area contributed by atoms with Gasteiger partial charge in [0.05, 0.1) is 24.2 Å². The van der Waals surface area contributed by atoms with Crippen LogP contribution in [0.1, 0.15) is 52.2 Å². The third-order valence-electron chi connectivity index (χ3n) is 6.35. The van der Waals surface area contributed by atoms with Gasteiger partial charge in [-0.1, -0.05) is 98.2 Å². The van der Waals surface area contributed by atoms with E-state index in [0.717, 1.165) is 27.7 Å². The zero-order valence-electron chi connectivity index (χ0n) is 20.9. The summed E-state index contributed by atoms with van der Waals surface area (Å²) in [6.45, 7) is 4.45. The summed E-state index contributed by atoms with van der Waals surface area (Å²) in [5.74, 6) is -0.958. The Kier molecular flexibility index (Phi) is 8.09. The minimum atomic E-state index is -0.989. The highest BCUT2D eigenvalue weighted by molar-refractivity contribution is 6.31. The van der Waals surface area contributed by atoms with Gasteiger partial charge in [-0.3, -0.25) is 9.36 Å². The molecule has 190 valence electrons. The lowest BCUT2D eigenvalue weighted by atomic mass is 9.98. The summed E-state index contributed by atoms with van der Waals surface area (Å²) in [6.07, 6.45) is 1.47. The highest BCUT2D eigenvalue weighted by atomic mass is 35.5. The first-order chi connectivity index (χ1) is 17.8. The summed E-state index contributed by atoms with van der Waals surface area (Å²) in [6, 6.07) is 23.5. The fourth-order valence-electron chi connectivity index (χ4n) is 4.35. The van der Waals surface area contributed by atoms with E-state index in [1.165, 1.54) is 0 Å². The molecule has 0 radical (unpaired) electrons. The van der Waals surface area contributed by atoms with Crippen LogP contribution in [0.25, 0.3) is 11.1 Å². The standard InChI is InChI=1S/C30H29ClN2O4/c1-20(2)12-17-26-28(31)33(27(34)18-21-8-4-3-5-9-21)30(37)32(26)19-22-13-15-23(16-14-22)24-10-6-7-11-25(24)29(35)36/h3-11,13-16,20H,12,17-19H2,1-2H3,(H,35,36). The zero-order chi connectivity index (χ0) is 26.5. The molecular formula is C30H29ClN2O4. The Bertz CT molecular complexity index is 1470. The average Bonchev–Trinajstić information content (AvgIpc) is 3.12. The first-order valence-electron chi connectivity index (χ1n) is 12.2. The monoisotopic (exact) mass is 516 g/mol. The van der Waals surface area contributed by atoms with Crippen molar-refractivity contribution in [2.75, 3.05) is 0 Å². The van der Waals surface area contributed by atoms with E-state index in [4.69, 9.17) is 11.6 Å². The molecule has 0 fully saturated rings. The molecule has 0 aliphatic rings. The Morgan fingerprint density at radius 3 is 2.19 bits per heavy atom. The van der Waals surface area contributed by atoms with Crippen molar-refractivity contribution in [1.82, 2.24) is 9.13 Å². The summed E-state index contributed by atoms with van der Waals surface area (Å²) in [4.78, 5) is 38.2. The SMILES string of the molecule is CC(C)CCc1c(Cl)n(C(=O)Cc2ccccc2)c(=O)n1Cc1ccc(-c2ccccc2C(=O)O)cc1. The molecule has 1 N–H and O–H groups in total. The van der Waals surface area contributed by atoms with Gasteiger partial charge in [0.15, 0.2) is 0 Å². The van der Waals surface area contributed by atoms with Gasteiger partial charge < -0.3 is 5.11 Å². The number of carbonyl (C=O) groups excluding carboxylic acids is 1. The number of hydrogen-bond acceptors (Lipinski definition) is 3. The van der Waals surface area contributed by atoms with E-state index in [0.29, 0.717) is 23.6 Å². The van der Waals surface area contributed by atoms with E-state index in [-0.39, 0.29) is 29.6 Å². The number of hydrogen-bond donors (Lipinski definition) is 1. The quantitative estimate of drug-likeness (QED) is 0.287. The lowest BCUT2D eigenvalue weighted by Crippen LogP contribution is -2.30. The highest BCUT2D eigenvalue weighted by Gasteiger charge is 2.23. The predicted octanol–water partition coefficient (Wildman–Crippen LogP) is 6.19. The molecule has 0 atom stereocenters. The maximum Gasteiger partial charge on any atom is 0.336 e. The zero-order valence-corrected chi connectivity index (χ0v) is 21.6. The van der Waals surface area contributed by atoms with Crippen LogP contribution in [0.15, 0.2) is 83.7 Å². The van der Waals surface area contributed by atoms with Crippen LogP contribution in [0.5, 0.6) is 0 Å². The van der Waals surface area contributed by atoms with E-state index in [2.05, 4.69) is 13.8 Å². The van der Waals surface area contributed by atoms with Crippen LogP contribution >= 0.6 is 11.6 Å². The molecule has 37 heavy (non-hydrogen) atoms. The maximum absolute atomic E-state index is 13.5. The first kappa shape index (κ1) is 26.2. The summed E-state index contributed by atoms with van der Waals surface area (Å²) in [5, 5.41) is 9.68. The Labute approximate surface area is 220 Å². The molecule has 0 saturated heterocycles. The van der Waals surface area contributed by atoms with E-state index in [1.54, 1.807) is 28.8 Å². The Morgan fingerprint density at radius 1 is 0.892 bits per heavy atom. The van der Waals surface area contributed by atoms with Crippen molar-refractivity contribution in [2.24, 2.45) is 5.92 Å². The molecule has 6 nitrogen and oxygen atoms in total. The second kappa shape index (κ2) is 11.4. The van der Waals surface area contributed by atoms with Crippen LogP contribution in [0.4, 0.5) is 0 Å². The number of aromatic carboxylic acids is 1. The maximum atomic E-state index is 13.5. The van der Waals surface area contributed by atoms with Gasteiger partial charge in [0.25, 0.3) is 0 Å². The fourth-order valence-corrected chi connectivity index (χ4v) is 4.71. The molecule has 0 aliphatic heterocycles. The molecule has 7 heteroatoms. The summed E-state index contributed by atoms with van der Waals surface area (Å²) >= 11 is 6.66. The van der Waals surface area contributed by atoms with Gasteiger partial charge in [0.2, 0.25) is 5.91 Å². The minimum absolute atomic E-state index is 0.0752. The number of aromatic nitrogens is 2. The lowest BCUT2D eigenvalue weighted by Gasteiger charge is -2.11. The second-order valence-corrected chi connectivity index (χ2v) is 9.84. The van der Waals surface area contributed by atoms with Gasteiger partial charge in [-0.25, -0.2) is 14.2 Å². The number of nitrogens with zero attached hydrogens (tertiary/aromatic N) is 2. The van der Waals surface area contributed by atoms with Gasteiger partial charge in [-0.15, -0.1) is 0 Å². The van der Waals surface area contributed by atoms with Gasteiger partial charge >= 0.3 is 11.7 Å². The third-order valence-corrected chi connectivity index (χ3v) is 6.74. The molecule has 4 aromatic rings. The topological polar surface area (TPSA) is 81.3 Å². The van der Waals surface area contributed by atoms with Crippen molar-refractivity contribution < 1.29 is 14.7 Å². The van der Waals surface area contributed by atoms with Crippen molar-refractivity contribution >= 4 is 23.5 Å². The number of carbonyl (C=O) groups is 2. The van der Waals surface area contributed by atoms with Crippen molar-refractivity contribution in [3.05, 3.63) is 117 Å².